The summed E-state index contributed by atoms with van der Waals surface area (Å²) < 4.78 is 1.88. The van der Waals surface area contributed by atoms with Crippen LogP contribution >= 0.6 is 11.8 Å². The molecule has 0 spiro atoms. The standard InChI is InChI=1S/C27H30N6OS/c1-2-35-27-30-24(32-16-7-4-8-17-32)23-19-29-33(25(23)31-27)18-15-28-26(34)22-13-11-21(12-14-22)20-9-5-3-6-10-20/h3,5-6,9-14,19H,2,4,7-8,15-18H2,1H3,(H,28,34). The van der Waals surface area contributed by atoms with E-state index in [1.54, 1.807) is 11.8 Å². The van der Waals surface area contributed by atoms with Gasteiger partial charge in [-0.15, -0.1) is 0 Å². The second kappa shape index (κ2) is 10.9. The number of thioether (sulfide) groups is 1. The van der Waals surface area contributed by atoms with Crippen LogP contribution in [0, 0.1) is 0 Å². The maximum absolute atomic E-state index is 12.7. The van der Waals surface area contributed by atoms with Gasteiger partial charge >= 0.3 is 0 Å². The van der Waals surface area contributed by atoms with E-state index in [2.05, 4.69) is 34.4 Å². The Balaban J connectivity index is 1.27. The van der Waals surface area contributed by atoms with Crippen molar-refractivity contribution in [3.8, 4) is 11.1 Å². The smallest absolute Gasteiger partial charge is 0.251 e. The Bertz CT molecular complexity index is 1280. The minimum absolute atomic E-state index is 0.0908. The number of nitrogens with one attached hydrogen (secondary N) is 1. The van der Waals surface area contributed by atoms with E-state index < -0.39 is 0 Å². The first kappa shape index (κ1) is 23.4. The van der Waals surface area contributed by atoms with Crippen molar-refractivity contribution in [3.63, 3.8) is 0 Å². The highest BCUT2D eigenvalue weighted by atomic mass is 32.2. The Morgan fingerprint density at radius 2 is 1.71 bits per heavy atom. The number of anilines is 1. The van der Waals surface area contributed by atoms with Gasteiger partial charge in [0.1, 0.15) is 5.82 Å². The first-order chi connectivity index (χ1) is 17.2. The predicted octanol–water partition coefficient (Wildman–Crippen LogP) is 5.03. The highest BCUT2D eigenvalue weighted by Crippen LogP contribution is 2.29. The number of hydrogen-bond acceptors (Lipinski definition) is 6. The van der Waals surface area contributed by atoms with Crippen LogP contribution in [0.3, 0.4) is 0 Å². The van der Waals surface area contributed by atoms with Crippen LogP contribution in [0.2, 0.25) is 0 Å². The van der Waals surface area contributed by atoms with Crippen LogP contribution in [-0.4, -0.2) is 51.0 Å². The Morgan fingerprint density at radius 3 is 2.46 bits per heavy atom. The zero-order chi connectivity index (χ0) is 24.0. The SMILES string of the molecule is CCSc1nc(N2CCCCC2)c2cnn(CCNC(=O)c3ccc(-c4ccccc4)cc3)c2n1. The second-order valence-electron chi connectivity index (χ2n) is 8.61. The maximum Gasteiger partial charge on any atom is 0.251 e. The van der Waals surface area contributed by atoms with Crippen LogP contribution in [0.15, 0.2) is 66.0 Å². The average molecular weight is 487 g/mol. The molecule has 1 saturated heterocycles. The molecule has 35 heavy (non-hydrogen) atoms. The fourth-order valence-electron chi connectivity index (χ4n) is 4.45. The summed E-state index contributed by atoms with van der Waals surface area (Å²) in [7, 11) is 0. The van der Waals surface area contributed by atoms with Crippen molar-refractivity contribution in [1.82, 2.24) is 25.1 Å². The van der Waals surface area contributed by atoms with Gasteiger partial charge in [0.2, 0.25) is 0 Å². The number of nitrogens with zero attached hydrogens (tertiary/aromatic N) is 5. The van der Waals surface area contributed by atoms with Gasteiger partial charge in [-0.1, -0.05) is 61.2 Å². The highest BCUT2D eigenvalue weighted by Gasteiger charge is 2.20. The molecule has 0 bridgehead atoms. The van der Waals surface area contributed by atoms with Crippen molar-refractivity contribution >= 4 is 34.5 Å². The summed E-state index contributed by atoms with van der Waals surface area (Å²) in [6, 6.07) is 17.9. The quantitative estimate of drug-likeness (QED) is 0.278. The molecule has 0 radical (unpaired) electrons. The number of amides is 1. The fraction of sp³-hybridized carbons (Fsp3) is 0.333. The Morgan fingerprint density at radius 1 is 0.971 bits per heavy atom. The van der Waals surface area contributed by atoms with Gasteiger partial charge in [-0.2, -0.15) is 5.10 Å². The zero-order valence-corrected chi connectivity index (χ0v) is 20.8. The topological polar surface area (TPSA) is 75.9 Å². The number of hydrogen-bond donors (Lipinski definition) is 1. The molecular weight excluding hydrogens is 456 g/mol. The fourth-order valence-corrected chi connectivity index (χ4v) is 5.01. The molecule has 1 amide bonds. The van der Waals surface area contributed by atoms with E-state index in [0.717, 1.165) is 52.0 Å². The lowest BCUT2D eigenvalue weighted by atomic mass is 10.0. The molecule has 2 aromatic heterocycles. The van der Waals surface area contributed by atoms with Crippen molar-refractivity contribution in [2.75, 3.05) is 30.3 Å². The Hall–Kier alpha value is -3.39. The lowest BCUT2D eigenvalue weighted by Gasteiger charge is -2.28. The summed E-state index contributed by atoms with van der Waals surface area (Å²) in [6.45, 7) is 5.16. The third-order valence-electron chi connectivity index (χ3n) is 6.25. The molecule has 0 aliphatic carbocycles. The molecule has 3 heterocycles. The summed E-state index contributed by atoms with van der Waals surface area (Å²) in [5.74, 6) is 1.81. The number of benzene rings is 2. The highest BCUT2D eigenvalue weighted by molar-refractivity contribution is 7.99. The normalized spacial score (nSPS) is 13.8. The molecular formula is C27H30N6OS. The molecule has 0 unspecified atom stereocenters. The molecule has 5 rings (SSSR count). The number of piperidine rings is 1. The predicted molar refractivity (Wildman–Crippen MR) is 142 cm³/mol. The van der Waals surface area contributed by atoms with Crippen LogP contribution < -0.4 is 10.2 Å². The maximum atomic E-state index is 12.7. The zero-order valence-electron chi connectivity index (χ0n) is 20.0. The van der Waals surface area contributed by atoms with Gasteiger partial charge in [0.05, 0.1) is 18.1 Å². The number of carbonyl (C=O) groups excluding carboxylic acids is 1. The lowest BCUT2D eigenvalue weighted by Crippen LogP contribution is -2.30. The van der Waals surface area contributed by atoms with E-state index in [0.29, 0.717) is 18.7 Å². The number of carbonyl (C=O) groups is 1. The molecule has 0 atom stereocenters. The summed E-state index contributed by atoms with van der Waals surface area (Å²) in [5, 5.41) is 9.38. The molecule has 1 N–H and O–H groups in total. The summed E-state index contributed by atoms with van der Waals surface area (Å²) >= 11 is 1.65. The summed E-state index contributed by atoms with van der Waals surface area (Å²) in [5.41, 5.74) is 3.70. The summed E-state index contributed by atoms with van der Waals surface area (Å²) in [6.07, 6.45) is 5.52. The van der Waals surface area contributed by atoms with Crippen LogP contribution in [0.1, 0.15) is 36.5 Å². The molecule has 8 heteroatoms. The summed E-state index contributed by atoms with van der Waals surface area (Å²) in [4.78, 5) is 24.7. The first-order valence-electron chi connectivity index (χ1n) is 12.3. The van der Waals surface area contributed by atoms with Gasteiger partial charge in [0.25, 0.3) is 5.91 Å². The lowest BCUT2D eigenvalue weighted by molar-refractivity contribution is 0.0952. The van der Waals surface area contributed by atoms with Gasteiger partial charge in [-0.05, 0) is 48.3 Å². The first-order valence-corrected chi connectivity index (χ1v) is 13.3. The van der Waals surface area contributed by atoms with Crippen LogP contribution in [0.25, 0.3) is 22.2 Å². The minimum Gasteiger partial charge on any atom is -0.356 e. The van der Waals surface area contributed by atoms with Crippen molar-refractivity contribution in [2.45, 2.75) is 37.9 Å². The van der Waals surface area contributed by atoms with Gasteiger partial charge in [-0.25, -0.2) is 14.6 Å². The van der Waals surface area contributed by atoms with Gasteiger partial charge < -0.3 is 10.2 Å². The molecule has 180 valence electrons. The molecule has 0 saturated carbocycles. The molecule has 2 aromatic carbocycles. The van der Waals surface area contributed by atoms with E-state index in [1.807, 2.05) is 53.3 Å². The van der Waals surface area contributed by atoms with Gasteiger partial charge in [0.15, 0.2) is 10.8 Å². The van der Waals surface area contributed by atoms with Crippen LogP contribution in [0.5, 0.6) is 0 Å². The molecule has 4 aromatic rings. The van der Waals surface area contributed by atoms with E-state index in [9.17, 15) is 4.79 Å². The molecule has 7 nitrogen and oxygen atoms in total. The van der Waals surface area contributed by atoms with Crippen LogP contribution in [0.4, 0.5) is 5.82 Å². The van der Waals surface area contributed by atoms with Crippen molar-refractivity contribution in [3.05, 3.63) is 66.4 Å². The number of rotatable bonds is 8. The van der Waals surface area contributed by atoms with Gasteiger partial charge in [0, 0.05) is 25.2 Å². The molecule has 1 aliphatic rings. The number of aromatic nitrogens is 4. The van der Waals surface area contributed by atoms with Gasteiger partial charge in [-0.3, -0.25) is 4.79 Å². The van der Waals surface area contributed by atoms with Crippen LogP contribution in [-0.2, 0) is 6.54 Å². The third kappa shape index (κ3) is 5.32. The third-order valence-corrected chi connectivity index (χ3v) is 6.98. The van der Waals surface area contributed by atoms with E-state index in [4.69, 9.17) is 9.97 Å². The van der Waals surface area contributed by atoms with E-state index >= 15 is 0 Å². The van der Waals surface area contributed by atoms with Crippen molar-refractivity contribution < 1.29 is 4.79 Å². The minimum atomic E-state index is -0.0908. The van der Waals surface area contributed by atoms with E-state index in [1.165, 1.54) is 19.3 Å². The number of fused-ring (bicyclic) bond motifs is 1. The van der Waals surface area contributed by atoms with Crippen molar-refractivity contribution in [1.29, 1.82) is 0 Å². The van der Waals surface area contributed by atoms with E-state index in [-0.39, 0.29) is 5.91 Å². The average Bonchev–Trinajstić information content (AvgIpc) is 3.32. The Kier molecular flexibility index (Phi) is 7.28. The molecule has 1 aliphatic heterocycles. The second-order valence-corrected chi connectivity index (χ2v) is 9.85. The Labute approximate surface area is 210 Å². The largest absolute Gasteiger partial charge is 0.356 e. The van der Waals surface area contributed by atoms with Crippen molar-refractivity contribution in [2.24, 2.45) is 0 Å². The molecule has 1 fully saturated rings. The monoisotopic (exact) mass is 486 g/mol.